The molecule has 0 fully saturated rings. The minimum Gasteiger partial charge on any atom is -0.493 e. The first-order chi connectivity index (χ1) is 7.88. The lowest BCUT2D eigenvalue weighted by Crippen LogP contribution is -2.25. The quantitative estimate of drug-likeness (QED) is 0.597. The second-order valence-corrected chi connectivity index (χ2v) is 4.98. The molecule has 0 saturated heterocycles. The van der Waals surface area contributed by atoms with Crippen molar-refractivity contribution in [2.24, 2.45) is 5.41 Å². The van der Waals surface area contributed by atoms with Crippen LogP contribution in [0.3, 0.4) is 0 Å². The molecule has 0 radical (unpaired) electrons. The highest BCUT2D eigenvalue weighted by Gasteiger charge is 2.24. The molecule has 0 aliphatic rings. The maximum Gasteiger partial charge on any atom is 0.316 e. The number of methoxy groups -OCH3 is 1. The van der Waals surface area contributed by atoms with Gasteiger partial charge in [-0.15, -0.1) is 0 Å². The van der Waals surface area contributed by atoms with Gasteiger partial charge in [-0.1, -0.05) is 13.0 Å². The molecule has 0 saturated carbocycles. The van der Waals surface area contributed by atoms with Crippen LogP contribution in [-0.4, -0.2) is 13.1 Å². The Labute approximate surface area is 103 Å². The van der Waals surface area contributed by atoms with Gasteiger partial charge in [-0.2, -0.15) is 0 Å². The Bertz CT molecular complexity index is 402. The van der Waals surface area contributed by atoms with Crippen LogP contribution in [0.15, 0.2) is 18.2 Å². The Balaban J connectivity index is 2.99. The number of ether oxygens (including phenoxy) is 2. The first-order valence-electron chi connectivity index (χ1n) is 5.77. The molecule has 0 spiro atoms. The van der Waals surface area contributed by atoms with Crippen LogP contribution in [0.4, 0.5) is 0 Å². The normalized spacial score (nSPS) is 11.1. The smallest absolute Gasteiger partial charge is 0.316 e. The Morgan fingerprint density at radius 2 is 1.88 bits per heavy atom. The van der Waals surface area contributed by atoms with Crippen LogP contribution in [0.5, 0.6) is 11.5 Å². The zero-order valence-electron chi connectivity index (χ0n) is 11.2. The number of benzene rings is 1. The van der Waals surface area contributed by atoms with Crippen molar-refractivity contribution in [2.75, 3.05) is 7.11 Å². The van der Waals surface area contributed by atoms with E-state index in [1.165, 1.54) is 0 Å². The van der Waals surface area contributed by atoms with Crippen LogP contribution in [-0.2, 0) is 11.2 Å². The molecule has 1 aromatic rings. The van der Waals surface area contributed by atoms with E-state index in [4.69, 9.17) is 9.47 Å². The fourth-order valence-electron chi connectivity index (χ4n) is 1.27. The average Bonchev–Trinajstić information content (AvgIpc) is 2.27. The van der Waals surface area contributed by atoms with E-state index in [-0.39, 0.29) is 5.97 Å². The number of esters is 1. The molecule has 0 heterocycles. The first kappa shape index (κ1) is 13.6. The van der Waals surface area contributed by atoms with Crippen molar-refractivity contribution in [3.63, 3.8) is 0 Å². The molecular formula is C14H20O3. The molecule has 0 aliphatic carbocycles. The third-order valence-electron chi connectivity index (χ3n) is 2.45. The maximum absolute atomic E-state index is 11.8. The van der Waals surface area contributed by atoms with Gasteiger partial charge in [0.15, 0.2) is 11.5 Å². The lowest BCUT2D eigenvalue weighted by atomic mass is 9.97. The number of aryl methyl sites for hydroxylation is 1. The van der Waals surface area contributed by atoms with Gasteiger partial charge in [0.25, 0.3) is 0 Å². The minimum absolute atomic E-state index is 0.260. The summed E-state index contributed by atoms with van der Waals surface area (Å²) < 4.78 is 10.6. The van der Waals surface area contributed by atoms with Gasteiger partial charge in [-0.25, -0.2) is 0 Å². The number of hydrogen-bond acceptors (Lipinski definition) is 3. The van der Waals surface area contributed by atoms with Crippen molar-refractivity contribution in [1.82, 2.24) is 0 Å². The summed E-state index contributed by atoms with van der Waals surface area (Å²) in [5.41, 5.74) is 0.593. The number of hydrogen-bond donors (Lipinski definition) is 0. The minimum atomic E-state index is -0.521. The van der Waals surface area contributed by atoms with Gasteiger partial charge in [0, 0.05) is 0 Å². The van der Waals surface area contributed by atoms with E-state index in [1.54, 1.807) is 7.11 Å². The van der Waals surface area contributed by atoms with Gasteiger partial charge in [0.1, 0.15) is 0 Å². The molecule has 0 unspecified atom stereocenters. The summed E-state index contributed by atoms with van der Waals surface area (Å²) in [6, 6.07) is 5.64. The Hall–Kier alpha value is -1.51. The number of rotatable bonds is 3. The van der Waals surface area contributed by atoms with Crippen molar-refractivity contribution >= 4 is 5.97 Å². The zero-order chi connectivity index (χ0) is 13.1. The van der Waals surface area contributed by atoms with E-state index in [2.05, 4.69) is 6.92 Å². The Morgan fingerprint density at radius 3 is 2.35 bits per heavy atom. The predicted octanol–water partition coefficient (Wildman–Crippen LogP) is 3.21. The lowest BCUT2D eigenvalue weighted by Gasteiger charge is -2.18. The van der Waals surface area contributed by atoms with Gasteiger partial charge >= 0.3 is 5.97 Å². The molecule has 0 N–H and O–H groups in total. The fraction of sp³-hybridized carbons (Fsp3) is 0.500. The second kappa shape index (κ2) is 5.21. The van der Waals surface area contributed by atoms with Gasteiger partial charge in [-0.05, 0) is 44.9 Å². The summed E-state index contributed by atoms with van der Waals surface area (Å²) in [5, 5.41) is 0. The molecular weight excluding hydrogens is 216 g/mol. The van der Waals surface area contributed by atoms with E-state index in [9.17, 15) is 4.79 Å². The third kappa shape index (κ3) is 3.48. The van der Waals surface area contributed by atoms with Crippen molar-refractivity contribution in [3.8, 4) is 11.5 Å². The predicted molar refractivity (Wildman–Crippen MR) is 67.5 cm³/mol. The van der Waals surface area contributed by atoms with Crippen LogP contribution in [0.25, 0.3) is 0 Å². The molecule has 17 heavy (non-hydrogen) atoms. The van der Waals surface area contributed by atoms with Crippen LogP contribution >= 0.6 is 0 Å². The molecule has 0 aromatic heterocycles. The molecule has 1 rings (SSSR count). The summed E-state index contributed by atoms with van der Waals surface area (Å²) in [7, 11) is 1.56. The van der Waals surface area contributed by atoms with E-state index < -0.39 is 5.41 Å². The summed E-state index contributed by atoms with van der Waals surface area (Å²) in [5.74, 6) is 0.815. The van der Waals surface area contributed by atoms with Crippen LogP contribution in [0.2, 0.25) is 0 Å². The Morgan fingerprint density at radius 1 is 1.24 bits per heavy atom. The highest BCUT2D eigenvalue weighted by molar-refractivity contribution is 5.78. The lowest BCUT2D eigenvalue weighted by molar-refractivity contribution is -0.143. The van der Waals surface area contributed by atoms with E-state index >= 15 is 0 Å². The summed E-state index contributed by atoms with van der Waals surface area (Å²) in [4.78, 5) is 11.8. The summed E-state index contributed by atoms with van der Waals surface area (Å²) >= 11 is 0. The van der Waals surface area contributed by atoms with Gasteiger partial charge in [0.05, 0.1) is 12.5 Å². The maximum atomic E-state index is 11.8. The molecule has 94 valence electrons. The first-order valence-corrected chi connectivity index (χ1v) is 5.77. The molecule has 0 amide bonds. The summed E-state index contributed by atoms with van der Waals surface area (Å²) in [6.45, 7) is 7.53. The van der Waals surface area contributed by atoms with Crippen LogP contribution < -0.4 is 9.47 Å². The topological polar surface area (TPSA) is 35.5 Å². The number of carbonyl (C=O) groups excluding carboxylic acids is 1. The van der Waals surface area contributed by atoms with Gasteiger partial charge in [-0.3, -0.25) is 4.79 Å². The van der Waals surface area contributed by atoms with Crippen molar-refractivity contribution in [3.05, 3.63) is 23.8 Å². The zero-order valence-corrected chi connectivity index (χ0v) is 11.2. The van der Waals surface area contributed by atoms with Crippen LogP contribution in [0, 0.1) is 5.41 Å². The molecule has 1 aromatic carbocycles. The third-order valence-corrected chi connectivity index (χ3v) is 2.45. The van der Waals surface area contributed by atoms with Gasteiger partial charge in [0.2, 0.25) is 0 Å². The second-order valence-electron chi connectivity index (χ2n) is 4.98. The number of carbonyl (C=O) groups is 1. The van der Waals surface area contributed by atoms with Crippen molar-refractivity contribution in [1.29, 1.82) is 0 Å². The Kier molecular flexibility index (Phi) is 4.16. The monoisotopic (exact) mass is 236 g/mol. The largest absolute Gasteiger partial charge is 0.493 e. The van der Waals surface area contributed by atoms with E-state index in [0.717, 1.165) is 12.0 Å². The van der Waals surface area contributed by atoms with Crippen molar-refractivity contribution in [2.45, 2.75) is 34.1 Å². The standard InChI is InChI=1S/C14H20O3/c1-6-10-7-8-11(16-5)12(9-10)17-13(15)14(2,3)4/h7-9H,6H2,1-5H3. The van der Waals surface area contributed by atoms with E-state index in [0.29, 0.717) is 11.5 Å². The van der Waals surface area contributed by atoms with Crippen LogP contribution in [0.1, 0.15) is 33.3 Å². The molecule has 3 nitrogen and oxygen atoms in total. The molecule has 0 aliphatic heterocycles. The average molecular weight is 236 g/mol. The molecule has 0 bridgehead atoms. The van der Waals surface area contributed by atoms with Crippen molar-refractivity contribution < 1.29 is 14.3 Å². The SMILES string of the molecule is CCc1ccc(OC)c(OC(=O)C(C)(C)C)c1. The van der Waals surface area contributed by atoms with E-state index in [1.807, 2.05) is 39.0 Å². The molecule has 0 atom stereocenters. The fourth-order valence-corrected chi connectivity index (χ4v) is 1.27. The summed E-state index contributed by atoms with van der Waals surface area (Å²) in [6.07, 6.45) is 0.893. The highest BCUT2D eigenvalue weighted by Crippen LogP contribution is 2.30. The molecule has 3 heteroatoms. The highest BCUT2D eigenvalue weighted by atomic mass is 16.6. The van der Waals surface area contributed by atoms with Gasteiger partial charge < -0.3 is 9.47 Å².